The number of hydrogen-bond donors (Lipinski definition) is 3. The zero-order valence-electron chi connectivity index (χ0n) is 16.2. The second kappa shape index (κ2) is 7.19. The van der Waals surface area contributed by atoms with Crippen molar-refractivity contribution in [2.45, 2.75) is 32.2 Å². The largest absolute Gasteiger partial charge is 0.359 e. The molecule has 10 heteroatoms. The van der Waals surface area contributed by atoms with E-state index in [2.05, 4.69) is 26.1 Å². The van der Waals surface area contributed by atoms with Crippen LogP contribution in [0.2, 0.25) is 0 Å². The van der Waals surface area contributed by atoms with Gasteiger partial charge in [-0.15, -0.1) is 0 Å². The number of piperidine rings is 1. The molecular weight excluding hydrogens is 376 g/mol. The third kappa shape index (κ3) is 3.20. The lowest BCUT2D eigenvalue weighted by atomic mass is 9.75. The van der Waals surface area contributed by atoms with Crippen LogP contribution in [0, 0.1) is 19.8 Å². The van der Waals surface area contributed by atoms with Crippen LogP contribution in [0.1, 0.15) is 30.0 Å². The van der Waals surface area contributed by atoms with E-state index in [0.717, 1.165) is 0 Å². The topological polar surface area (TPSA) is 129 Å². The van der Waals surface area contributed by atoms with Gasteiger partial charge < -0.3 is 20.1 Å². The fraction of sp³-hybridized carbons (Fsp3) is 0.421. The van der Waals surface area contributed by atoms with E-state index in [-0.39, 0.29) is 11.9 Å². The maximum absolute atomic E-state index is 12.8. The van der Waals surface area contributed by atoms with E-state index in [1.807, 2.05) is 0 Å². The number of nitrogens with zero attached hydrogens (tertiary/aromatic N) is 3. The molecule has 0 spiro atoms. The lowest BCUT2D eigenvalue weighted by Gasteiger charge is -2.40. The lowest BCUT2D eigenvalue weighted by molar-refractivity contribution is -0.127. The molecule has 0 radical (unpaired) electrons. The van der Waals surface area contributed by atoms with Crippen molar-refractivity contribution >= 4 is 23.7 Å². The van der Waals surface area contributed by atoms with E-state index < -0.39 is 17.5 Å². The van der Waals surface area contributed by atoms with E-state index in [0.29, 0.717) is 48.8 Å². The number of likely N-dealkylation sites (tertiary alicyclic amines) is 1. The highest BCUT2D eigenvalue weighted by Gasteiger charge is 2.54. The molecule has 1 atom stereocenters. The molecule has 4 rings (SSSR count). The molecule has 2 aliphatic rings. The zero-order valence-corrected chi connectivity index (χ0v) is 16.2. The van der Waals surface area contributed by atoms with Crippen molar-refractivity contribution in [3.05, 3.63) is 41.5 Å². The fourth-order valence-corrected chi connectivity index (χ4v) is 4.10. The first-order valence-corrected chi connectivity index (χ1v) is 9.45. The predicted octanol–water partition coefficient (Wildman–Crippen LogP) is 1.67. The number of nitrogens with one attached hydrogen (secondary N) is 3. The monoisotopic (exact) mass is 398 g/mol. The van der Waals surface area contributed by atoms with Crippen LogP contribution >= 0.6 is 0 Å². The Morgan fingerprint density at radius 2 is 2.03 bits per heavy atom. The van der Waals surface area contributed by atoms with E-state index >= 15 is 0 Å². The van der Waals surface area contributed by atoms with Crippen molar-refractivity contribution in [3.8, 4) is 0 Å². The fourth-order valence-electron chi connectivity index (χ4n) is 4.10. The Labute approximate surface area is 167 Å². The van der Waals surface area contributed by atoms with Gasteiger partial charge in [0.05, 0.1) is 5.69 Å². The van der Waals surface area contributed by atoms with E-state index in [1.54, 1.807) is 43.1 Å². The van der Waals surface area contributed by atoms with Crippen molar-refractivity contribution in [3.63, 3.8) is 0 Å². The van der Waals surface area contributed by atoms with Crippen LogP contribution in [0.4, 0.5) is 15.3 Å². The molecule has 5 amide bonds. The summed E-state index contributed by atoms with van der Waals surface area (Å²) in [6, 6.07) is 4.51. The van der Waals surface area contributed by atoms with Gasteiger partial charge >= 0.3 is 12.1 Å². The highest BCUT2D eigenvalue weighted by atomic mass is 16.5. The van der Waals surface area contributed by atoms with Gasteiger partial charge in [-0.2, -0.15) is 0 Å². The Morgan fingerprint density at radius 1 is 1.28 bits per heavy atom. The summed E-state index contributed by atoms with van der Waals surface area (Å²) in [6.45, 7) is 4.38. The number of amides is 5. The van der Waals surface area contributed by atoms with Crippen molar-refractivity contribution in [1.82, 2.24) is 25.7 Å². The predicted molar refractivity (Wildman–Crippen MR) is 102 cm³/mol. The molecule has 2 aliphatic heterocycles. The second-order valence-corrected chi connectivity index (χ2v) is 7.32. The summed E-state index contributed by atoms with van der Waals surface area (Å²) in [5.41, 5.74) is 0.472. The number of urea groups is 2. The molecule has 3 N–H and O–H groups in total. The van der Waals surface area contributed by atoms with Gasteiger partial charge in [0, 0.05) is 25.2 Å². The van der Waals surface area contributed by atoms with Crippen LogP contribution in [0.15, 0.2) is 28.9 Å². The van der Waals surface area contributed by atoms with Gasteiger partial charge in [-0.1, -0.05) is 11.2 Å². The maximum atomic E-state index is 12.8. The van der Waals surface area contributed by atoms with Gasteiger partial charge in [0.1, 0.15) is 11.4 Å². The summed E-state index contributed by atoms with van der Waals surface area (Å²) in [5, 5.41) is 11.8. The van der Waals surface area contributed by atoms with E-state index in [9.17, 15) is 14.4 Å². The highest BCUT2D eigenvalue weighted by molar-refractivity contribution is 6.07. The van der Waals surface area contributed by atoms with Crippen LogP contribution in [0.25, 0.3) is 0 Å². The summed E-state index contributed by atoms with van der Waals surface area (Å²) >= 11 is 0. The molecular formula is C19H22N6O4. The Balaban J connectivity index is 1.50. The minimum atomic E-state index is -1.22. The normalized spacial score (nSPS) is 22.3. The van der Waals surface area contributed by atoms with Gasteiger partial charge in [0.25, 0.3) is 5.91 Å². The number of aryl methyl sites for hydroxylation is 2. The Morgan fingerprint density at radius 3 is 2.59 bits per heavy atom. The standard InChI is InChI=1S/C19H22N6O4/c1-11-15(12(2)29-24-11)21-18(28)25-9-6-13(7-10-25)19(14-5-3-4-8-20-14)16(26)22-17(27)23-19/h3-5,8,13H,6-7,9-10H2,1-2H3,(H,21,28)(H2,22,23,26,27). The molecule has 10 nitrogen and oxygen atoms in total. The first-order chi connectivity index (χ1) is 13.9. The average molecular weight is 398 g/mol. The van der Waals surface area contributed by atoms with Crippen molar-refractivity contribution < 1.29 is 18.9 Å². The third-order valence-electron chi connectivity index (χ3n) is 5.62. The summed E-state index contributed by atoms with van der Waals surface area (Å²) in [6.07, 6.45) is 2.68. The summed E-state index contributed by atoms with van der Waals surface area (Å²) in [5.74, 6) is -0.0445. The van der Waals surface area contributed by atoms with Crippen molar-refractivity contribution in [1.29, 1.82) is 0 Å². The van der Waals surface area contributed by atoms with Crippen molar-refractivity contribution in [2.75, 3.05) is 18.4 Å². The molecule has 29 heavy (non-hydrogen) atoms. The highest BCUT2D eigenvalue weighted by Crippen LogP contribution is 2.38. The van der Waals surface area contributed by atoms with Crippen LogP contribution < -0.4 is 16.0 Å². The van der Waals surface area contributed by atoms with Crippen molar-refractivity contribution in [2.24, 2.45) is 5.92 Å². The number of carbonyl (C=O) groups excluding carboxylic acids is 3. The number of anilines is 1. The molecule has 2 saturated heterocycles. The molecule has 0 saturated carbocycles. The number of imide groups is 1. The number of rotatable bonds is 3. The Kier molecular flexibility index (Phi) is 4.69. The van der Waals surface area contributed by atoms with Crippen LogP contribution in [-0.4, -0.2) is 46.1 Å². The van der Waals surface area contributed by atoms with Crippen LogP contribution in [0.3, 0.4) is 0 Å². The number of hydrogen-bond acceptors (Lipinski definition) is 6. The lowest BCUT2D eigenvalue weighted by Crippen LogP contribution is -2.54. The first kappa shape index (κ1) is 18.9. The molecule has 2 fully saturated rings. The Hall–Kier alpha value is -3.43. The summed E-state index contributed by atoms with van der Waals surface area (Å²) in [4.78, 5) is 43.4. The zero-order chi connectivity index (χ0) is 20.6. The van der Waals surface area contributed by atoms with Gasteiger partial charge in [-0.3, -0.25) is 15.1 Å². The van der Waals surface area contributed by atoms with E-state index in [1.165, 1.54) is 0 Å². The quantitative estimate of drug-likeness (QED) is 0.675. The van der Waals surface area contributed by atoms with Gasteiger partial charge in [-0.25, -0.2) is 9.59 Å². The first-order valence-electron chi connectivity index (χ1n) is 9.45. The van der Waals surface area contributed by atoms with Crippen LogP contribution in [0.5, 0.6) is 0 Å². The third-order valence-corrected chi connectivity index (χ3v) is 5.62. The Bertz CT molecular complexity index is 931. The minimum absolute atomic E-state index is 0.188. The van der Waals surface area contributed by atoms with Gasteiger partial charge in [-0.05, 0) is 38.8 Å². The molecule has 2 aromatic heterocycles. The van der Waals surface area contributed by atoms with Gasteiger partial charge in [0.15, 0.2) is 11.3 Å². The summed E-state index contributed by atoms with van der Waals surface area (Å²) < 4.78 is 5.08. The number of carbonyl (C=O) groups is 3. The molecule has 0 bridgehead atoms. The van der Waals surface area contributed by atoms with Gasteiger partial charge in [0.2, 0.25) is 0 Å². The molecule has 0 aromatic carbocycles. The number of pyridine rings is 1. The molecule has 2 aromatic rings. The molecule has 152 valence electrons. The maximum Gasteiger partial charge on any atom is 0.322 e. The average Bonchev–Trinajstić information content (AvgIpc) is 3.21. The molecule has 4 heterocycles. The number of aromatic nitrogens is 2. The van der Waals surface area contributed by atoms with Crippen LogP contribution in [-0.2, 0) is 10.3 Å². The molecule has 0 aliphatic carbocycles. The smallest absolute Gasteiger partial charge is 0.322 e. The SMILES string of the molecule is Cc1noc(C)c1NC(=O)N1CCC(C2(c3ccccn3)NC(=O)NC2=O)CC1. The summed E-state index contributed by atoms with van der Waals surface area (Å²) in [7, 11) is 0. The van der Waals surface area contributed by atoms with E-state index in [4.69, 9.17) is 4.52 Å². The molecule has 1 unspecified atom stereocenters. The second-order valence-electron chi connectivity index (χ2n) is 7.32. The minimum Gasteiger partial charge on any atom is -0.359 e.